The Hall–Kier alpha value is -1.56. The number of hydrogen-bond donors (Lipinski definition) is 0. The van der Waals surface area contributed by atoms with Gasteiger partial charge in [-0.2, -0.15) is 0 Å². The molecular weight excluding hydrogens is 186 g/mol. The van der Waals surface area contributed by atoms with Crippen LogP contribution in [0.25, 0.3) is 0 Å². The number of terminal acetylenes is 1. The Morgan fingerprint density at radius 3 is 2.79 bits per heavy atom. The van der Waals surface area contributed by atoms with Gasteiger partial charge in [0.1, 0.15) is 5.75 Å². The number of hydrogen-bond acceptors (Lipinski definition) is 1. The van der Waals surface area contributed by atoms with Gasteiger partial charge in [-0.25, -0.2) is 8.78 Å². The van der Waals surface area contributed by atoms with E-state index in [1.54, 1.807) is 24.3 Å². The average molecular weight is 196 g/mol. The quantitative estimate of drug-likeness (QED) is 0.675. The van der Waals surface area contributed by atoms with Crippen LogP contribution in [0.5, 0.6) is 5.75 Å². The molecule has 0 radical (unpaired) electrons. The third kappa shape index (κ3) is 3.44. The predicted molar refractivity (Wildman–Crippen MR) is 50.5 cm³/mol. The van der Waals surface area contributed by atoms with Gasteiger partial charge in [-0.05, 0) is 18.2 Å². The fourth-order valence-electron chi connectivity index (χ4n) is 0.886. The largest absolute Gasteiger partial charge is 0.487 e. The van der Waals surface area contributed by atoms with Crippen molar-refractivity contribution in [2.75, 3.05) is 6.61 Å². The van der Waals surface area contributed by atoms with Crippen LogP contribution in [-0.2, 0) is 0 Å². The Bertz CT molecular complexity index is 347. The Labute approximate surface area is 81.7 Å². The van der Waals surface area contributed by atoms with Crippen molar-refractivity contribution in [3.63, 3.8) is 0 Å². The van der Waals surface area contributed by atoms with Crippen molar-refractivity contribution in [2.45, 2.75) is 12.8 Å². The zero-order valence-corrected chi connectivity index (χ0v) is 7.76. The minimum atomic E-state index is -2.83. The molecule has 0 saturated carbocycles. The second-order valence-electron chi connectivity index (χ2n) is 3.03. The molecule has 14 heavy (non-hydrogen) atoms. The molecule has 0 aliphatic heterocycles. The molecule has 0 bridgehead atoms. The number of halogens is 2. The third-order valence-electron chi connectivity index (χ3n) is 1.49. The van der Waals surface area contributed by atoms with E-state index in [1.165, 1.54) is 0 Å². The zero-order chi connectivity index (χ0) is 10.6. The van der Waals surface area contributed by atoms with Crippen molar-refractivity contribution >= 4 is 0 Å². The van der Waals surface area contributed by atoms with Gasteiger partial charge < -0.3 is 4.74 Å². The van der Waals surface area contributed by atoms with Crippen LogP contribution in [0.1, 0.15) is 12.5 Å². The maximum Gasteiger partial charge on any atom is 0.278 e. The van der Waals surface area contributed by atoms with E-state index in [2.05, 4.69) is 5.92 Å². The fraction of sp³-hybridized carbons (Fsp3) is 0.273. The van der Waals surface area contributed by atoms with Crippen LogP contribution in [0.2, 0.25) is 0 Å². The summed E-state index contributed by atoms with van der Waals surface area (Å²) in [6.45, 7) is 0.166. The molecule has 1 rings (SSSR count). The summed E-state index contributed by atoms with van der Waals surface area (Å²) in [6.07, 6.45) is 5.15. The monoisotopic (exact) mass is 196 g/mol. The lowest BCUT2D eigenvalue weighted by molar-refractivity contribution is -0.0229. The molecule has 3 heteroatoms. The summed E-state index contributed by atoms with van der Waals surface area (Å²) in [5.74, 6) is -0.0673. The molecule has 0 fully saturated rings. The van der Waals surface area contributed by atoms with E-state index in [0.717, 1.165) is 6.92 Å². The molecule has 74 valence electrons. The van der Waals surface area contributed by atoms with E-state index in [0.29, 0.717) is 11.3 Å². The highest BCUT2D eigenvalue weighted by Crippen LogP contribution is 2.17. The first-order chi connectivity index (χ1) is 6.51. The summed E-state index contributed by atoms with van der Waals surface area (Å²) >= 11 is 0. The molecule has 0 spiro atoms. The summed E-state index contributed by atoms with van der Waals surface area (Å²) in [5.41, 5.74) is 0.613. The minimum absolute atomic E-state index is 0.363. The topological polar surface area (TPSA) is 9.23 Å². The highest BCUT2D eigenvalue weighted by Gasteiger charge is 2.21. The number of rotatable bonds is 3. The average Bonchev–Trinajstić information content (AvgIpc) is 2.14. The Kier molecular flexibility index (Phi) is 3.08. The second kappa shape index (κ2) is 4.10. The van der Waals surface area contributed by atoms with E-state index in [9.17, 15) is 8.78 Å². The molecule has 0 unspecified atom stereocenters. The lowest BCUT2D eigenvalue weighted by atomic mass is 10.2. The normalized spacial score (nSPS) is 10.7. The molecule has 1 aromatic carbocycles. The van der Waals surface area contributed by atoms with Crippen molar-refractivity contribution in [3.8, 4) is 18.1 Å². The molecule has 1 aromatic rings. The van der Waals surface area contributed by atoms with Crippen LogP contribution < -0.4 is 4.74 Å². The zero-order valence-electron chi connectivity index (χ0n) is 7.76. The highest BCUT2D eigenvalue weighted by atomic mass is 19.3. The lowest BCUT2D eigenvalue weighted by Crippen LogP contribution is -2.20. The van der Waals surface area contributed by atoms with Gasteiger partial charge in [0.2, 0.25) is 0 Å². The molecule has 0 aliphatic rings. The molecule has 0 aromatic heterocycles. The number of ether oxygens (including phenoxy) is 1. The summed E-state index contributed by atoms with van der Waals surface area (Å²) in [6, 6.07) is 6.51. The predicted octanol–water partition coefficient (Wildman–Crippen LogP) is 2.70. The maximum atomic E-state index is 12.4. The highest BCUT2D eigenvalue weighted by molar-refractivity contribution is 5.38. The van der Waals surface area contributed by atoms with Crippen LogP contribution >= 0.6 is 0 Å². The van der Waals surface area contributed by atoms with Gasteiger partial charge in [0.05, 0.1) is 0 Å². The van der Waals surface area contributed by atoms with Crippen molar-refractivity contribution in [1.82, 2.24) is 0 Å². The second-order valence-corrected chi connectivity index (χ2v) is 3.03. The van der Waals surface area contributed by atoms with Crippen LogP contribution in [0.4, 0.5) is 8.78 Å². The van der Waals surface area contributed by atoms with E-state index < -0.39 is 12.5 Å². The molecule has 0 heterocycles. The molecule has 0 aliphatic carbocycles. The maximum absolute atomic E-state index is 12.4. The first-order valence-corrected chi connectivity index (χ1v) is 4.08. The SMILES string of the molecule is C#Cc1cccc(OCC(C)(F)F)c1. The van der Waals surface area contributed by atoms with E-state index in [1.807, 2.05) is 0 Å². The van der Waals surface area contributed by atoms with Crippen LogP contribution in [0.3, 0.4) is 0 Å². The summed E-state index contributed by atoms with van der Waals surface area (Å²) < 4.78 is 29.7. The molecule has 0 atom stereocenters. The smallest absolute Gasteiger partial charge is 0.278 e. The van der Waals surface area contributed by atoms with Gasteiger partial charge >= 0.3 is 0 Å². The van der Waals surface area contributed by atoms with E-state index in [-0.39, 0.29) is 0 Å². The Balaban J connectivity index is 2.65. The molecule has 0 saturated heterocycles. The van der Waals surface area contributed by atoms with Crippen LogP contribution in [0.15, 0.2) is 24.3 Å². The van der Waals surface area contributed by atoms with Crippen molar-refractivity contribution in [3.05, 3.63) is 29.8 Å². The van der Waals surface area contributed by atoms with Crippen molar-refractivity contribution < 1.29 is 13.5 Å². The first kappa shape index (κ1) is 10.5. The molecule has 0 amide bonds. The summed E-state index contributed by atoms with van der Waals surface area (Å²) in [5, 5.41) is 0. The van der Waals surface area contributed by atoms with Gasteiger partial charge in [-0.15, -0.1) is 6.42 Å². The molecular formula is C11H10F2O. The Morgan fingerprint density at radius 1 is 1.50 bits per heavy atom. The van der Waals surface area contributed by atoms with Crippen molar-refractivity contribution in [1.29, 1.82) is 0 Å². The summed E-state index contributed by atoms with van der Waals surface area (Å²) in [7, 11) is 0. The minimum Gasteiger partial charge on any atom is -0.487 e. The molecule has 0 N–H and O–H groups in total. The lowest BCUT2D eigenvalue weighted by Gasteiger charge is -2.11. The molecule has 1 nitrogen and oxygen atoms in total. The van der Waals surface area contributed by atoms with Crippen LogP contribution in [0, 0.1) is 12.3 Å². The van der Waals surface area contributed by atoms with E-state index in [4.69, 9.17) is 11.2 Å². The van der Waals surface area contributed by atoms with Gasteiger partial charge in [0.15, 0.2) is 6.61 Å². The van der Waals surface area contributed by atoms with Gasteiger partial charge in [0.25, 0.3) is 5.92 Å². The van der Waals surface area contributed by atoms with Gasteiger partial charge in [-0.3, -0.25) is 0 Å². The Morgan fingerprint density at radius 2 is 2.21 bits per heavy atom. The fourth-order valence-corrected chi connectivity index (χ4v) is 0.886. The summed E-state index contributed by atoms with van der Waals surface area (Å²) in [4.78, 5) is 0. The first-order valence-electron chi connectivity index (χ1n) is 4.08. The van der Waals surface area contributed by atoms with Gasteiger partial charge in [0, 0.05) is 12.5 Å². The van der Waals surface area contributed by atoms with Gasteiger partial charge in [-0.1, -0.05) is 12.0 Å². The standard InChI is InChI=1S/C11H10F2O/c1-3-9-5-4-6-10(7-9)14-8-11(2,12)13/h1,4-7H,8H2,2H3. The van der Waals surface area contributed by atoms with Crippen LogP contribution in [-0.4, -0.2) is 12.5 Å². The third-order valence-corrected chi connectivity index (χ3v) is 1.49. The number of benzene rings is 1. The van der Waals surface area contributed by atoms with E-state index >= 15 is 0 Å². The number of alkyl halides is 2. The van der Waals surface area contributed by atoms with Crippen molar-refractivity contribution in [2.24, 2.45) is 0 Å².